The van der Waals surface area contributed by atoms with E-state index in [1.165, 1.54) is 11.8 Å². The van der Waals surface area contributed by atoms with E-state index in [1.807, 2.05) is 84.9 Å². The van der Waals surface area contributed by atoms with Crippen molar-refractivity contribution >= 4 is 45.4 Å². The molecule has 1 aliphatic rings. The Labute approximate surface area is 212 Å². The number of carbonyl (C=O) groups is 1. The number of rotatable bonds is 6. The molecule has 1 N–H and O–H groups in total. The zero-order valence-electron chi connectivity index (χ0n) is 19.4. The van der Waals surface area contributed by atoms with Crippen molar-refractivity contribution in [1.29, 1.82) is 5.26 Å². The summed E-state index contributed by atoms with van der Waals surface area (Å²) in [4.78, 5) is 17.9. The lowest BCUT2D eigenvalue weighted by atomic mass is 10.0. The van der Waals surface area contributed by atoms with Crippen LogP contribution in [0.4, 0.5) is 5.69 Å². The summed E-state index contributed by atoms with van der Waals surface area (Å²) in [7, 11) is 1.61. The number of amides is 1. The molecule has 1 fully saturated rings. The van der Waals surface area contributed by atoms with Crippen LogP contribution in [0.25, 0.3) is 16.8 Å². The average molecular weight is 492 g/mol. The highest BCUT2D eigenvalue weighted by Crippen LogP contribution is 2.35. The fraction of sp³-hybridized carbons (Fsp3) is 0.0690. The van der Waals surface area contributed by atoms with Gasteiger partial charge in [0.25, 0.3) is 5.91 Å². The number of nitrogens with zero attached hydrogens (tertiary/aromatic N) is 2. The lowest BCUT2D eigenvalue weighted by Gasteiger charge is -2.13. The minimum absolute atomic E-state index is 0.221. The summed E-state index contributed by atoms with van der Waals surface area (Å²) in [5, 5.41) is 14.7. The van der Waals surface area contributed by atoms with Crippen LogP contribution < -0.4 is 14.8 Å². The zero-order chi connectivity index (χ0) is 24.9. The summed E-state index contributed by atoms with van der Waals surface area (Å²) in [6, 6.07) is 28.7. The van der Waals surface area contributed by atoms with Gasteiger partial charge in [0.2, 0.25) is 0 Å². The van der Waals surface area contributed by atoms with Crippen molar-refractivity contribution in [1.82, 2.24) is 5.32 Å². The Morgan fingerprint density at radius 2 is 1.78 bits per heavy atom. The van der Waals surface area contributed by atoms with Gasteiger partial charge in [-0.25, -0.2) is 4.99 Å². The van der Waals surface area contributed by atoms with E-state index in [1.54, 1.807) is 13.2 Å². The van der Waals surface area contributed by atoms with E-state index in [4.69, 9.17) is 9.47 Å². The number of hydrogen-bond donors (Lipinski definition) is 1. The van der Waals surface area contributed by atoms with Crippen molar-refractivity contribution in [2.24, 2.45) is 4.99 Å². The van der Waals surface area contributed by atoms with E-state index >= 15 is 0 Å². The average Bonchev–Trinajstić information content (AvgIpc) is 3.26. The molecule has 5 rings (SSSR count). The Bertz CT molecular complexity index is 1550. The molecule has 0 atom stereocenters. The van der Waals surface area contributed by atoms with Gasteiger partial charge in [0, 0.05) is 11.1 Å². The van der Waals surface area contributed by atoms with E-state index in [-0.39, 0.29) is 12.5 Å². The minimum Gasteiger partial charge on any atom is -0.497 e. The summed E-state index contributed by atoms with van der Waals surface area (Å²) < 4.78 is 11.4. The predicted octanol–water partition coefficient (Wildman–Crippen LogP) is 6.19. The molecule has 1 aliphatic heterocycles. The van der Waals surface area contributed by atoms with E-state index in [0.717, 1.165) is 27.6 Å². The maximum atomic E-state index is 12.8. The van der Waals surface area contributed by atoms with Crippen molar-refractivity contribution in [2.75, 3.05) is 7.11 Å². The highest BCUT2D eigenvalue weighted by Gasteiger charge is 2.25. The largest absolute Gasteiger partial charge is 0.497 e. The standard InChI is InChI=1S/C29H21N3O3S/c1-34-23-13-11-22(12-14-23)31-29-32-28(33)27(36-29)16-25-24-9-5-4-6-19(24)10-15-26(25)35-18-21-8-3-2-7-20(21)17-30/h2-16H,18H2,1H3,(H,31,32,33)/b27-16+. The topological polar surface area (TPSA) is 83.7 Å². The van der Waals surface area contributed by atoms with Gasteiger partial charge in [-0.15, -0.1) is 0 Å². The molecular formula is C29H21N3O3S. The van der Waals surface area contributed by atoms with Gasteiger partial charge in [-0.2, -0.15) is 5.26 Å². The highest BCUT2D eigenvalue weighted by atomic mass is 32.2. The van der Waals surface area contributed by atoms with Gasteiger partial charge in [-0.3, -0.25) is 4.79 Å². The van der Waals surface area contributed by atoms with Crippen molar-refractivity contribution in [2.45, 2.75) is 6.61 Å². The Morgan fingerprint density at radius 1 is 1.00 bits per heavy atom. The monoisotopic (exact) mass is 491 g/mol. The van der Waals surface area contributed by atoms with Crippen LogP contribution in [0.5, 0.6) is 11.5 Å². The summed E-state index contributed by atoms with van der Waals surface area (Å²) in [5.74, 6) is 1.15. The first-order chi connectivity index (χ1) is 17.6. The molecule has 4 aromatic rings. The van der Waals surface area contributed by atoms with Gasteiger partial charge >= 0.3 is 0 Å². The van der Waals surface area contributed by atoms with Crippen LogP contribution in [-0.2, 0) is 11.4 Å². The van der Waals surface area contributed by atoms with Crippen molar-refractivity contribution in [3.8, 4) is 17.6 Å². The number of benzene rings is 4. The van der Waals surface area contributed by atoms with Gasteiger partial charge in [0.15, 0.2) is 5.17 Å². The maximum Gasteiger partial charge on any atom is 0.264 e. The quantitative estimate of drug-likeness (QED) is 0.325. The normalized spacial score (nSPS) is 15.2. The third kappa shape index (κ3) is 4.95. The molecule has 0 spiro atoms. The Kier molecular flexibility index (Phi) is 6.69. The number of ether oxygens (including phenoxy) is 2. The second kappa shape index (κ2) is 10.4. The van der Waals surface area contributed by atoms with Crippen molar-refractivity contribution in [3.05, 3.63) is 107 Å². The number of aliphatic imine (C=N–C) groups is 1. The van der Waals surface area contributed by atoms with E-state index in [2.05, 4.69) is 16.4 Å². The van der Waals surface area contributed by atoms with Gasteiger partial charge in [-0.05, 0) is 65.0 Å². The summed E-state index contributed by atoms with van der Waals surface area (Å²) in [6.45, 7) is 0.238. The second-order valence-electron chi connectivity index (χ2n) is 7.94. The Morgan fingerprint density at radius 3 is 2.58 bits per heavy atom. The van der Waals surface area contributed by atoms with Crippen molar-refractivity contribution < 1.29 is 14.3 Å². The maximum absolute atomic E-state index is 12.8. The van der Waals surface area contributed by atoms with Gasteiger partial charge in [-0.1, -0.05) is 48.5 Å². The summed E-state index contributed by atoms with van der Waals surface area (Å²) in [5.41, 5.74) is 2.88. The molecule has 0 saturated carbocycles. The lowest BCUT2D eigenvalue weighted by molar-refractivity contribution is -0.115. The number of thioether (sulfide) groups is 1. The molecule has 1 amide bonds. The first kappa shape index (κ1) is 23.2. The molecule has 1 saturated heterocycles. The highest BCUT2D eigenvalue weighted by molar-refractivity contribution is 8.18. The van der Waals surface area contributed by atoms with Gasteiger partial charge in [0.05, 0.1) is 29.3 Å². The third-order valence-corrected chi connectivity index (χ3v) is 6.59. The van der Waals surface area contributed by atoms with Crippen LogP contribution in [-0.4, -0.2) is 18.2 Å². The molecule has 7 heteroatoms. The van der Waals surface area contributed by atoms with Crippen LogP contribution in [0.15, 0.2) is 94.8 Å². The number of nitriles is 1. The fourth-order valence-corrected chi connectivity index (χ4v) is 4.67. The molecule has 0 aliphatic carbocycles. The SMILES string of the molecule is COc1ccc(N=C2NC(=O)/C(=C\c3c(OCc4ccccc4C#N)ccc4ccccc34)S2)cc1. The van der Waals surface area contributed by atoms with Crippen LogP contribution in [0, 0.1) is 11.3 Å². The molecule has 1 heterocycles. The first-order valence-electron chi connectivity index (χ1n) is 11.2. The molecule has 4 aromatic carbocycles. The molecule has 0 bridgehead atoms. The molecule has 0 radical (unpaired) electrons. The van der Waals surface area contributed by atoms with Crippen LogP contribution in [0.3, 0.4) is 0 Å². The van der Waals surface area contributed by atoms with E-state index < -0.39 is 0 Å². The molecule has 176 valence electrons. The molecular weight excluding hydrogens is 470 g/mol. The Hall–Kier alpha value is -4.54. The summed E-state index contributed by atoms with van der Waals surface area (Å²) in [6.07, 6.45) is 1.84. The predicted molar refractivity (Wildman–Crippen MR) is 143 cm³/mol. The molecule has 0 aromatic heterocycles. The third-order valence-electron chi connectivity index (χ3n) is 5.68. The second-order valence-corrected chi connectivity index (χ2v) is 8.97. The van der Waals surface area contributed by atoms with Crippen molar-refractivity contribution in [3.63, 3.8) is 0 Å². The van der Waals surface area contributed by atoms with Gasteiger partial charge in [0.1, 0.15) is 18.1 Å². The van der Waals surface area contributed by atoms with Crippen LogP contribution in [0.2, 0.25) is 0 Å². The number of carbonyl (C=O) groups excluding carboxylic acids is 1. The van der Waals surface area contributed by atoms with E-state index in [0.29, 0.717) is 27.1 Å². The van der Waals surface area contributed by atoms with Crippen LogP contribution >= 0.6 is 11.8 Å². The molecule has 0 unspecified atom stereocenters. The number of nitrogens with one attached hydrogen (secondary N) is 1. The number of methoxy groups -OCH3 is 1. The number of amidine groups is 1. The fourth-order valence-electron chi connectivity index (χ4n) is 3.85. The van der Waals surface area contributed by atoms with Gasteiger partial charge < -0.3 is 14.8 Å². The number of fused-ring (bicyclic) bond motifs is 1. The Balaban J connectivity index is 1.48. The smallest absolute Gasteiger partial charge is 0.264 e. The van der Waals surface area contributed by atoms with E-state index in [9.17, 15) is 10.1 Å². The zero-order valence-corrected chi connectivity index (χ0v) is 20.2. The lowest BCUT2D eigenvalue weighted by Crippen LogP contribution is -2.19. The van der Waals surface area contributed by atoms with Crippen LogP contribution in [0.1, 0.15) is 16.7 Å². The summed E-state index contributed by atoms with van der Waals surface area (Å²) >= 11 is 1.28. The molecule has 6 nitrogen and oxygen atoms in total. The minimum atomic E-state index is -0.221. The molecule has 36 heavy (non-hydrogen) atoms. The number of hydrogen-bond acceptors (Lipinski definition) is 6. The first-order valence-corrected chi connectivity index (χ1v) is 12.0.